The highest BCUT2D eigenvalue weighted by molar-refractivity contribution is 7.98. The third-order valence-corrected chi connectivity index (χ3v) is 6.28. The van der Waals surface area contributed by atoms with Crippen LogP contribution in [0.4, 0.5) is 5.82 Å². The van der Waals surface area contributed by atoms with E-state index >= 15 is 0 Å². The number of rotatable bonds is 7. The first-order valence-corrected chi connectivity index (χ1v) is 11.9. The number of pyridine rings is 1. The van der Waals surface area contributed by atoms with Crippen LogP contribution in [-0.4, -0.2) is 69.7 Å². The topological polar surface area (TPSA) is 104 Å². The molecule has 1 aromatic carbocycles. The highest BCUT2D eigenvalue weighted by Gasteiger charge is 2.21. The molecule has 2 aromatic heterocycles. The third kappa shape index (κ3) is 5.89. The fraction of sp³-hybridized carbons (Fsp3) is 0.348. The molecule has 0 radical (unpaired) electrons. The van der Waals surface area contributed by atoms with E-state index in [1.54, 1.807) is 30.9 Å². The molecule has 172 valence electrons. The second kappa shape index (κ2) is 11.0. The smallest absolute Gasteiger partial charge is 0.339 e. The Kier molecular flexibility index (Phi) is 7.56. The van der Waals surface area contributed by atoms with Crippen molar-refractivity contribution in [2.45, 2.75) is 24.3 Å². The zero-order chi connectivity index (χ0) is 23.0. The molecule has 0 unspecified atom stereocenters. The van der Waals surface area contributed by atoms with Crippen molar-refractivity contribution in [2.24, 2.45) is 0 Å². The Morgan fingerprint density at radius 2 is 1.85 bits per heavy atom. The molecule has 10 heteroatoms. The number of aromatic nitrogens is 4. The lowest BCUT2D eigenvalue weighted by atomic mass is 10.1. The monoisotopic (exact) mass is 466 g/mol. The summed E-state index contributed by atoms with van der Waals surface area (Å²) in [7, 11) is 0. The highest BCUT2D eigenvalue weighted by Crippen LogP contribution is 2.20. The number of nitrogens with zero attached hydrogens (tertiary/aromatic N) is 5. The van der Waals surface area contributed by atoms with E-state index in [0.717, 1.165) is 35.3 Å². The normalized spacial score (nSPS) is 14.1. The number of amides is 1. The number of carbonyl (C=O) groups excluding carboxylic acids is 2. The van der Waals surface area contributed by atoms with Gasteiger partial charge in [-0.2, -0.15) is 5.10 Å². The Bertz CT molecular complexity index is 1060. The molecule has 4 rings (SSSR count). The van der Waals surface area contributed by atoms with Crippen LogP contribution in [0.3, 0.4) is 0 Å². The lowest BCUT2D eigenvalue weighted by Gasteiger charge is -2.23. The van der Waals surface area contributed by atoms with Gasteiger partial charge in [0, 0.05) is 43.7 Å². The predicted octanol–water partition coefficient (Wildman–Crippen LogP) is 3.02. The maximum atomic E-state index is 13.0. The Morgan fingerprint density at radius 3 is 2.55 bits per heavy atom. The number of aromatic amines is 1. The number of hydrogen-bond donors (Lipinski definition) is 1. The number of hydrogen-bond acceptors (Lipinski definition) is 8. The number of nitrogens with one attached hydrogen (secondary N) is 1. The van der Waals surface area contributed by atoms with Gasteiger partial charge in [-0.25, -0.2) is 14.8 Å². The van der Waals surface area contributed by atoms with E-state index in [4.69, 9.17) is 4.74 Å². The molecule has 3 heterocycles. The number of benzene rings is 1. The third-order valence-electron chi connectivity index (χ3n) is 5.34. The molecular formula is C23H26N6O3S. The van der Waals surface area contributed by atoms with Crippen LogP contribution in [0, 0.1) is 0 Å². The zero-order valence-corrected chi connectivity index (χ0v) is 19.3. The minimum atomic E-state index is -0.369. The van der Waals surface area contributed by atoms with Crippen LogP contribution in [0.1, 0.15) is 39.6 Å². The molecule has 1 saturated heterocycles. The summed E-state index contributed by atoms with van der Waals surface area (Å²) in [5.74, 6) is 1.22. The largest absolute Gasteiger partial charge is 0.462 e. The minimum Gasteiger partial charge on any atom is -0.462 e. The SMILES string of the molecule is CCOC(=O)c1ccc(N2CCCN(C(=O)c3ccc(CSc4ncn[nH]4)cc3)CC2)nc1. The van der Waals surface area contributed by atoms with E-state index in [1.165, 1.54) is 6.33 Å². The lowest BCUT2D eigenvalue weighted by Crippen LogP contribution is -2.35. The average Bonchev–Trinajstić information content (AvgIpc) is 3.25. The van der Waals surface area contributed by atoms with Crippen LogP contribution in [0.2, 0.25) is 0 Å². The van der Waals surface area contributed by atoms with Crippen molar-refractivity contribution in [3.8, 4) is 0 Å². The van der Waals surface area contributed by atoms with Gasteiger partial charge in [-0.15, -0.1) is 0 Å². The van der Waals surface area contributed by atoms with E-state index in [9.17, 15) is 9.59 Å². The second-order valence-corrected chi connectivity index (χ2v) is 8.50. The molecule has 1 N–H and O–H groups in total. The Labute approximate surface area is 196 Å². The summed E-state index contributed by atoms with van der Waals surface area (Å²) in [6.45, 7) is 4.90. The summed E-state index contributed by atoms with van der Waals surface area (Å²) in [5.41, 5.74) is 2.25. The molecule has 3 aromatic rings. The van der Waals surface area contributed by atoms with Crippen LogP contribution in [0.15, 0.2) is 54.1 Å². The molecule has 0 saturated carbocycles. The molecule has 1 aliphatic rings. The minimum absolute atomic E-state index is 0.0388. The standard InChI is InChI=1S/C23H26N6O3S/c1-2-32-22(31)19-8-9-20(24-14-19)28-10-3-11-29(13-12-28)21(30)18-6-4-17(5-7-18)15-33-23-25-16-26-27-23/h4-9,14,16H,2-3,10-13,15H2,1H3,(H,25,26,27). The van der Waals surface area contributed by atoms with Gasteiger partial charge in [0.25, 0.3) is 5.91 Å². The highest BCUT2D eigenvalue weighted by atomic mass is 32.2. The van der Waals surface area contributed by atoms with Gasteiger partial charge in [0.1, 0.15) is 12.1 Å². The number of carbonyl (C=O) groups is 2. The quantitative estimate of drug-likeness (QED) is 0.419. The van der Waals surface area contributed by atoms with Gasteiger partial charge in [-0.3, -0.25) is 9.89 Å². The molecule has 0 atom stereocenters. The van der Waals surface area contributed by atoms with Crippen LogP contribution >= 0.6 is 11.8 Å². The predicted molar refractivity (Wildman–Crippen MR) is 125 cm³/mol. The van der Waals surface area contributed by atoms with Gasteiger partial charge < -0.3 is 14.5 Å². The fourth-order valence-corrected chi connectivity index (χ4v) is 4.33. The summed E-state index contributed by atoms with van der Waals surface area (Å²) in [5, 5.41) is 7.44. The molecule has 9 nitrogen and oxygen atoms in total. The van der Waals surface area contributed by atoms with Crippen molar-refractivity contribution in [2.75, 3.05) is 37.7 Å². The number of ether oxygens (including phenoxy) is 1. The number of anilines is 1. The molecule has 1 amide bonds. The Hall–Kier alpha value is -3.40. The van der Waals surface area contributed by atoms with Crippen molar-refractivity contribution in [1.82, 2.24) is 25.1 Å². The molecule has 1 fully saturated rings. The summed E-state index contributed by atoms with van der Waals surface area (Å²) >= 11 is 1.57. The Morgan fingerprint density at radius 1 is 1.03 bits per heavy atom. The summed E-state index contributed by atoms with van der Waals surface area (Å²) in [4.78, 5) is 37.4. The van der Waals surface area contributed by atoms with Crippen LogP contribution in [0.25, 0.3) is 0 Å². The van der Waals surface area contributed by atoms with E-state index < -0.39 is 0 Å². The number of H-pyrrole nitrogens is 1. The number of thioether (sulfide) groups is 1. The van der Waals surface area contributed by atoms with E-state index in [2.05, 4.69) is 25.1 Å². The fourth-order valence-electron chi connectivity index (χ4n) is 3.60. The van der Waals surface area contributed by atoms with Gasteiger partial charge in [0.05, 0.1) is 12.2 Å². The van der Waals surface area contributed by atoms with Crippen molar-refractivity contribution < 1.29 is 14.3 Å². The van der Waals surface area contributed by atoms with Crippen LogP contribution < -0.4 is 4.90 Å². The van der Waals surface area contributed by atoms with Crippen LogP contribution in [0.5, 0.6) is 0 Å². The first-order valence-electron chi connectivity index (χ1n) is 10.9. The van der Waals surface area contributed by atoms with Crippen molar-refractivity contribution in [1.29, 1.82) is 0 Å². The van der Waals surface area contributed by atoms with E-state index in [-0.39, 0.29) is 11.9 Å². The molecule has 0 spiro atoms. The van der Waals surface area contributed by atoms with Gasteiger partial charge >= 0.3 is 5.97 Å². The van der Waals surface area contributed by atoms with Crippen molar-refractivity contribution in [3.63, 3.8) is 0 Å². The summed E-state index contributed by atoms with van der Waals surface area (Å²) in [6.07, 6.45) is 3.88. The van der Waals surface area contributed by atoms with E-state index in [0.29, 0.717) is 37.4 Å². The first kappa shape index (κ1) is 22.8. The molecule has 1 aliphatic heterocycles. The average molecular weight is 467 g/mol. The van der Waals surface area contributed by atoms with Crippen molar-refractivity contribution >= 4 is 29.5 Å². The zero-order valence-electron chi connectivity index (χ0n) is 18.4. The molecule has 33 heavy (non-hydrogen) atoms. The van der Waals surface area contributed by atoms with Crippen molar-refractivity contribution in [3.05, 3.63) is 65.6 Å². The Balaban J connectivity index is 1.32. The summed E-state index contributed by atoms with van der Waals surface area (Å²) in [6, 6.07) is 11.3. The molecule has 0 aliphatic carbocycles. The molecular weight excluding hydrogens is 440 g/mol. The maximum absolute atomic E-state index is 13.0. The van der Waals surface area contributed by atoms with Gasteiger partial charge in [0.15, 0.2) is 5.16 Å². The first-order chi connectivity index (χ1) is 16.1. The second-order valence-electron chi connectivity index (χ2n) is 7.53. The van der Waals surface area contributed by atoms with Crippen LogP contribution in [-0.2, 0) is 10.5 Å². The summed E-state index contributed by atoms with van der Waals surface area (Å²) < 4.78 is 5.01. The molecule has 0 bridgehead atoms. The number of esters is 1. The van der Waals surface area contributed by atoms with Gasteiger partial charge in [-0.1, -0.05) is 23.9 Å². The van der Waals surface area contributed by atoms with E-state index in [1.807, 2.05) is 35.2 Å². The lowest BCUT2D eigenvalue weighted by molar-refractivity contribution is 0.0525. The van der Waals surface area contributed by atoms with Gasteiger partial charge in [-0.05, 0) is 43.2 Å². The van der Waals surface area contributed by atoms with Gasteiger partial charge in [0.2, 0.25) is 0 Å². The maximum Gasteiger partial charge on any atom is 0.339 e.